The van der Waals surface area contributed by atoms with Crippen molar-refractivity contribution < 1.29 is 4.74 Å². The number of ether oxygens (including phenoxy) is 1. The fourth-order valence-electron chi connectivity index (χ4n) is 1.50. The molecule has 1 radical (unpaired) electrons. The van der Waals surface area contributed by atoms with Gasteiger partial charge in [0.1, 0.15) is 0 Å². The summed E-state index contributed by atoms with van der Waals surface area (Å²) in [6, 6.07) is 2.16. The second-order valence-corrected chi connectivity index (χ2v) is 3.00. The maximum atomic E-state index is 8.45. The fourth-order valence-corrected chi connectivity index (χ4v) is 1.50. The van der Waals surface area contributed by atoms with Crippen LogP contribution in [0.3, 0.4) is 0 Å². The average molecular weight is 167 g/mol. The second-order valence-electron chi connectivity index (χ2n) is 3.00. The van der Waals surface area contributed by atoms with Gasteiger partial charge in [-0.15, -0.1) is 0 Å². The second kappa shape index (κ2) is 5.13. The highest BCUT2D eigenvalue weighted by atomic mass is 16.5. The van der Waals surface area contributed by atoms with Crippen LogP contribution in [0.25, 0.3) is 0 Å². The molecule has 67 valence electrons. The zero-order valence-electron chi connectivity index (χ0n) is 7.33. The van der Waals surface area contributed by atoms with Crippen molar-refractivity contribution in [1.82, 2.24) is 4.90 Å². The maximum Gasteiger partial charge on any atom is 0.0866 e. The zero-order valence-corrected chi connectivity index (χ0v) is 7.33. The lowest BCUT2D eigenvalue weighted by Crippen LogP contribution is -2.37. The van der Waals surface area contributed by atoms with Crippen LogP contribution in [0.4, 0.5) is 0 Å². The van der Waals surface area contributed by atoms with Gasteiger partial charge in [-0.25, -0.2) is 0 Å². The molecule has 0 unspecified atom stereocenters. The Labute approximate surface area is 73.9 Å². The molecule has 12 heavy (non-hydrogen) atoms. The molecule has 1 saturated heterocycles. The summed E-state index contributed by atoms with van der Waals surface area (Å²) in [6.07, 6.45) is 2.45. The summed E-state index contributed by atoms with van der Waals surface area (Å²) in [7, 11) is 0. The molecule has 1 rings (SSSR count). The number of likely N-dealkylation sites (tertiary alicyclic amines) is 1. The minimum Gasteiger partial charge on any atom is -0.378 e. The Bertz CT molecular complexity index is 156. The predicted molar refractivity (Wildman–Crippen MR) is 46.4 cm³/mol. The highest BCUT2D eigenvalue weighted by Gasteiger charge is 2.18. The zero-order chi connectivity index (χ0) is 8.81. The molecule has 3 heteroatoms. The topological polar surface area (TPSA) is 36.3 Å². The standard InChI is InChI=1S/C9H15N2O/c1-2-12-9-3-6-11(7-4-9)8-5-10/h9H,1-4,6-8H2. The smallest absolute Gasteiger partial charge is 0.0866 e. The quantitative estimate of drug-likeness (QED) is 0.584. The lowest BCUT2D eigenvalue weighted by molar-refractivity contribution is 0.0243. The molecule has 0 bridgehead atoms. The average Bonchev–Trinajstić information content (AvgIpc) is 2.09. The summed E-state index contributed by atoms with van der Waals surface area (Å²) in [5, 5.41) is 8.45. The number of nitriles is 1. The number of hydrogen-bond acceptors (Lipinski definition) is 3. The van der Waals surface area contributed by atoms with E-state index in [1.807, 2.05) is 0 Å². The van der Waals surface area contributed by atoms with Crippen molar-refractivity contribution in [2.24, 2.45) is 0 Å². The molecule has 0 amide bonds. The molecule has 0 N–H and O–H groups in total. The van der Waals surface area contributed by atoms with E-state index in [1.165, 1.54) is 0 Å². The van der Waals surface area contributed by atoms with E-state index in [0.717, 1.165) is 25.9 Å². The fraction of sp³-hybridized carbons (Fsp3) is 0.778. The number of hydrogen-bond donors (Lipinski definition) is 0. The largest absolute Gasteiger partial charge is 0.378 e. The molecule has 0 aromatic rings. The van der Waals surface area contributed by atoms with Gasteiger partial charge >= 0.3 is 0 Å². The first-order chi connectivity index (χ1) is 5.86. The molecular weight excluding hydrogens is 152 g/mol. The molecule has 1 aliphatic rings. The summed E-state index contributed by atoms with van der Waals surface area (Å²) in [4.78, 5) is 2.16. The third kappa shape index (κ3) is 2.80. The molecule has 0 aliphatic carbocycles. The van der Waals surface area contributed by atoms with Crippen molar-refractivity contribution in [1.29, 1.82) is 5.26 Å². The van der Waals surface area contributed by atoms with Gasteiger partial charge in [0.05, 0.1) is 18.7 Å². The van der Waals surface area contributed by atoms with Crippen molar-refractivity contribution in [3.63, 3.8) is 0 Å². The van der Waals surface area contributed by atoms with Crippen LogP contribution < -0.4 is 0 Å². The van der Waals surface area contributed by atoms with Gasteiger partial charge in [-0.3, -0.25) is 4.90 Å². The number of rotatable bonds is 3. The first-order valence-corrected chi connectivity index (χ1v) is 4.37. The highest BCUT2D eigenvalue weighted by Crippen LogP contribution is 2.12. The van der Waals surface area contributed by atoms with E-state index in [1.54, 1.807) is 0 Å². The molecule has 0 saturated carbocycles. The molecule has 0 spiro atoms. The first kappa shape index (κ1) is 9.50. The summed E-state index contributed by atoms with van der Waals surface area (Å²) in [5.41, 5.74) is 0. The minimum absolute atomic E-state index is 0.373. The molecule has 0 aromatic heterocycles. The van der Waals surface area contributed by atoms with E-state index < -0.39 is 0 Å². The molecule has 3 nitrogen and oxygen atoms in total. The Balaban J connectivity index is 2.16. The third-order valence-electron chi connectivity index (χ3n) is 2.18. The van der Waals surface area contributed by atoms with E-state index in [9.17, 15) is 0 Å². The van der Waals surface area contributed by atoms with Crippen LogP contribution in [0.15, 0.2) is 0 Å². The maximum absolute atomic E-state index is 8.45. The van der Waals surface area contributed by atoms with Crippen LogP contribution in [-0.2, 0) is 4.74 Å². The monoisotopic (exact) mass is 167 g/mol. The summed E-state index contributed by atoms with van der Waals surface area (Å²) in [5.74, 6) is 0. The van der Waals surface area contributed by atoms with Gasteiger partial charge in [0.2, 0.25) is 0 Å². The van der Waals surface area contributed by atoms with Crippen molar-refractivity contribution in [2.45, 2.75) is 18.9 Å². The molecule has 0 aromatic carbocycles. The Hall–Kier alpha value is -0.590. The highest BCUT2D eigenvalue weighted by molar-refractivity contribution is 4.80. The Kier molecular flexibility index (Phi) is 4.06. The SMILES string of the molecule is [CH2]COC1CCN(CC#N)CC1. The van der Waals surface area contributed by atoms with Gasteiger partial charge in [-0.1, -0.05) is 0 Å². The number of nitrogens with zero attached hydrogens (tertiary/aromatic N) is 2. The van der Waals surface area contributed by atoms with E-state index >= 15 is 0 Å². The Morgan fingerprint density at radius 1 is 1.50 bits per heavy atom. The predicted octanol–water partition coefficient (Wildman–Crippen LogP) is 0.825. The first-order valence-electron chi connectivity index (χ1n) is 4.37. The van der Waals surface area contributed by atoms with Gasteiger partial charge in [-0.2, -0.15) is 5.26 Å². The normalized spacial score (nSPS) is 20.7. The van der Waals surface area contributed by atoms with E-state index in [4.69, 9.17) is 10.00 Å². The van der Waals surface area contributed by atoms with Crippen LogP contribution in [-0.4, -0.2) is 37.2 Å². The summed E-state index contributed by atoms with van der Waals surface area (Å²) in [6.45, 7) is 6.73. The van der Waals surface area contributed by atoms with Crippen LogP contribution in [0.2, 0.25) is 0 Å². The van der Waals surface area contributed by atoms with Crippen LogP contribution in [0.1, 0.15) is 12.8 Å². The molecular formula is C9H15N2O. The van der Waals surface area contributed by atoms with Crippen molar-refractivity contribution >= 4 is 0 Å². The van der Waals surface area contributed by atoms with Gasteiger partial charge in [0.25, 0.3) is 0 Å². The number of piperidine rings is 1. The molecule has 1 aliphatic heterocycles. The Morgan fingerprint density at radius 2 is 2.17 bits per heavy atom. The third-order valence-corrected chi connectivity index (χ3v) is 2.18. The Morgan fingerprint density at radius 3 is 2.67 bits per heavy atom. The molecule has 0 atom stereocenters. The van der Waals surface area contributed by atoms with Gasteiger partial charge in [0, 0.05) is 19.7 Å². The molecule has 1 heterocycles. The van der Waals surface area contributed by atoms with Crippen LogP contribution in [0.5, 0.6) is 0 Å². The minimum atomic E-state index is 0.373. The summed E-state index contributed by atoms with van der Waals surface area (Å²) < 4.78 is 5.39. The van der Waals surface area contributed by atoms with Crippen LogP contribution >= 0.6 is 0 Å². The lowest BCUT2D eigenvalue weighted by Gasteiger charge is -2.29. The van der Waals surface area contributed by atoms with E-state index in [0.29, 0.717) is 19.3 Å². The summed E-state index contributed by atoms with van der Waals surface area (Å²) >= 11 is 0. The van der Waals surface area contributed by atoms with Gasteiger partial charge in [-0.05, 0) is 19.8 Å². The molecule has 1 fully saturated rings. The van der Waals surface area contributed by atoms with Gasteiger partial charge < -0.3 is 4.74 Å². The van der Waals surface area contributed by atoms with Crippen molar-refractivity contribution in [2.75, 3.05) is 26.2 Å². The lowest BCUT2D eigenvalue weighted by atomic mass is 10.1. The van der Waals surface area contributed by atoms with Crippen molar-refractivity contribution in [3.05, 3.63) is 6.92 Å². The van der Waals surface area contributed by atoms with E-state index in [2.05, 4.69) is 17.9 Å². The van der Waals surface area contributed by atoms with Gasteiger partial charge in [0.15, 0.2) is 0 Å². The van der Waals surface area contributed by atoms with E-state index in [-0.39, 0.29) is 0 Å². The van der Waals surface area contributed by atoms with Crippen molar-refractivity contribution in [3.8, 4) is 6.07 Å². The van der Waals surface area contributed by atoms with Crippen LogP contribution in [0, 0.1) is 18.3 Å².